The van der Waals surface area contributed by atoms with E-state index in [-0.39, 0.29) is 17.6 Å². The minimum absolute atomic E-state index is 0.104. The van der Waals surface area contributed by atoms with Crippen molar-refractivity contribution in [3.05, 3.63) is 54.0 Å². The smallest absolute Gasteiger partial charge is 0.291 e. The van der Waals surface area contributed by atoms with Crippen LogP contribution in [0.5, 0.6) is 0 Å². The van der Waals surface area contributed by atoms with Gasteiger partial charge in [0.05, 0.1) is 42.8 Å². The number of aromatic nitrogens is 2. The Labute approximate surface area is 198 Å². The second-order valence-electron chi connectivity index (χ2n) is 8.67. The van der Waals surface area contributed by atoms with Gasteiger partial charge in [-0.15, -0.1) is 0 Å². The zero-order chi connectivity index (χ0) is 23.3. The molecular formula is C25H29N5O4. The summed E-state index contributed by atoms with van der Waals surface area (Å²) in [5, 5.41) is 9.68. The summed E-state index contributed by atoms with van der Waals surface area (Å²) in [5.41, 5.74) is 3.38. The SMILES string of the molecule is O=C(Nc1ccc(CC(=O)N2CCOCC2)cc1N1CCCCC1)c1ccc(-c2cn[nH]c2)o1. The standard InChI is InChI=1S/C25H29N5O4/c31-24(30-10-12-33-13-11-30)15-18-4-5-20(21(14-18)29-8-2-1-3-9-29)28-25(32)23-7-6-22(34-23)19-16-26-27-17-19/h4-7,14,16-17H,1-3,8-13,15H2,(H,26,27)(H,28,32). The Morgan fingerprint density at radius 1 is 1.03 bits per heavy atom. The number of H-pyrrole nitrogens is 1. The number of morpholine rings is 1. The third-order valence-corrected chi connectivity index (χ3v) is 6.34. The van der Waals surface area contributed by atoms with E-state index in [1.807, 2.05) is 23.1 Å². The highest BCUT2D eigenvalue weighted by Gasteiger charge is 2.21. The van der Waals surface area contributed by atoms with E-state index in [1.54, 1.807) is 24.5 Å². The van der Waals surface area contributed by atoms with Gasteiger partial charge in [0.25, 0.3) is 5.91 Å². The van der Waals surface area contributed by atoms with Gasteiger partial charge in [-0.25, -0.2) is 0 Å². The molecule has 4 heterocycles. The summed E-state index contributed by atoms with van der Waals surface area (Å²) >= 11 is 0. The number of rotatable bonds is 6. The number of nitrogens with zero attached hydrogens (tertiary/aromatic N) is 3. The summed E-state index contributed by atoms with van der Waals surface area (Å²) < 4.78 is 11.1. The van der Waals surface area contributed by atoms with Gasteiger partial charge in [-0.2, -0.15) is 5.10 Å². The number of hydrogen-bond donors (Lipinski definition) is 2. The molecule has 2 aromatic heterocycles. The van der Waals surface area contributed by atoms with E-state index in [0.29, 0.717) is 38.5 Å². The highest BCUT2D eigenvalue weighted by Crippen LogP contribution is 2.31. The van der Waals surface area contributed by atoms with Crippen LogP contribution in [0.1, 0.15) is 35.4 Å². The molecule has 1 aromatic carbocycles. The molecule has 178 valence electrons. The van der Waals surface area contributed by atoms with Gasteiger partial charge in [0.15, 0.2) is 5.76 Å². The van der Waals surface area contributed by atoms with E-state index in [2.05, 4.69) is 20.4 Å². The van der Waals surface area contributed by atoms with Crippen molar-refractivity contribution in [1.82, 2.24) is 15.1 Å². The number of aromatic amines is 1. The van der Waals surface area contributed by atoms with Gasteiger partial charge in [0, 0.05) is 32.4 Å². The molecule has 5 rings (SSSR count). The minimum atomic E-state index is -0.315. The van der Waals surface area contributed by atoms with Crippen LogP contribution in [0.25, 0.3) is 11.3 Å². The van der Waals surface area contributed by atoms with Crippen molar-refractivity contribution in [2.75, 3.05) is 49.6 Å². The molecule has 0 radical (unpaired) electrons. The van der Waals surface area contributed by atoms with Crippen LogP contribution < -0.4 is 10.2 Å². The van der Waals surface area contributed by atoms with E-state index in [1.165, 1.54) is 6.42 Å². The molecule has 34 heavy (non-hydrogen) atoms. The Morgan fingerprint density at radius 2 is 1.85 bits per heavy atom. The third-order valence-electron chi connectivity index (χ3n) is 6.34. The van der Waals surface area contributed by atoms with E-state index in [0.717, 1.165) is 48.4 Å². The first-order valence-electron chi connectivity index (χ1n) is 11.8. The second kappa shape index (κ2) is 10.1. The van der Waals surface area contributed by atoms with Crippen molar-refractivity contribution < 1.29 is 18.7 Å². The highest BCUT2D eigenvalue weighted by molar-refractivity contribution is 6.04. The average Bonchev–Trinajstić information content (AvgIpc) is 3.58. The van der Waals surface area contributed by atoms with Crippen molar-refractivity contribution in [3.63, 3.8) is 0 Å². The van der Waals surface area contributed by atoms with Crippen LogP contribution in [0, 0.1) is 0 Å². The lowest BCUT2D eigenvalue weighted by Crippen LogP contribution is -2.41. The van der Waals surface area contributed by atoms with Gasteiger partial charge in [-0.05, 0) is 49.1 Å². The normalized spacial score (nSPS) is 16.5. The largest absolute Gasteiger partial charge is 0.451 e. The number of benzene rings is 1. The van der Waals surface area contributed by atoms with E-state index < -0.39 is 0 Å². The molecule has 3 aromatic rings. The number of amides is 2. The molecule has 0 bridgehead atoms. The lowest BCUT2D eigenvalue weighted by molar-refractivity contribution is -0.134. The second-order valence-corrected chi connectivity index (χ2v) is 8.67. The lowest BCUT2D eigenvalue weighted by atomic mass is 10.1. The van der Waals surface area contributed by atoms with Crippen LogP contribution in [0.2, 0.25) is 0 Å². The lowest BCUT2D eigenvalue weighted by Gasteiger charge is -2.31. The number of carbonyl (C=O) groups excluding carboxylic acids is 2. The number of piperidine rings is 1. The van der Waals surface area contributed by atoms with Crippen LogP contribution in [0.15, 0.2) is 47.1 Å². The number of hydrogen-bond acceptors (Lipinski definition) is 6. The topological polar surface area (TPSA) is 104 Å². The van der Waals surface area contributed by atoms with Crippen LogP contribution in [0.3, 0.4) is 0 Å². The molecule has 2 amide bonds. The predicted octanol–water partition coefficient (Wildman–Crippen LogP) is 3.31. The Kier molecular flexibility index (Phi) is 6.62. The molecule has 2 aliphatic rings. The molecule has 2 fully saturated rings. The Morgan fingerprint density at radius 3 is 2.62 bits per heavy atom. The number of furan rings is 1. The van der Waals surface area contributed by atoms with Gasteiger partial charge in [0.1, 0.15) is 5.76 Å². The first-order chi connectivity index (χ1) is 16.7. The molecule has 0 saturated carbocycles. The van der Waals surface area contributed by atoms with E-state index in [4.69, 9.17) is 9.15 Å². The molecule has 0 aliphatic carbocycles. The summed E-state index contributed by atoms with van der Waals surface area (Å²) in [6.45, 7) is 4.30. The van der Waals surface area contributed by atoms with Crippen molar-refractivity contribution in [1.29, 1.82) is 0 Å². The van der Waals surface area contributed by atoms with Crippen molar-refractivity contribution in [3.8, 4) is 11.3 Å². The molecule has 0 atom stereocenters. The zero-order valence-electron chi connectivity index (χ0n) is 19.1. The predicted molar refractivity (Wildman–Crippen MR) is 128 cm³/mol. The summed E-state index contributed by atoms with van der Waals surface area (Å²) in [5.74, 6) is 0.594. The van der Waals surface area contributed by atoms with Gasteiger partial charge in [-0.1, -0.05) is 6.07 Å². The van der Waals surface area contributed by atoms with Gasteiger partial charge in [-0.3, -0.25) is 14.7 Å². The zero-order valence-corrected chi connectivity index (χ0v) is 19.1. The number of carbonyl (C=O) groups is 2. The number of ether oxygens (including phenoxy) is 1. The summed E-state index contributed by atoms with van der Waals surface area (Å²) in [6.07, 6.45) is 7.11. The molecule has 2 aliphatic heterocycles. The maximum atomic E-state index is 13.0. The quantitative estimate of drug-likeness (QED) is 0.581. The van der Waals surface area contributed by atoms with E-state index >= 15 is 0 Å². The third kappa shape index (κ3) is 4.99. The molecular weight excluding hydrogens is 434 g/mol. The van der Waals surface area contributed by atoms with Crippen LogP contribution in [-0.4, -0.2) is 66.3 Å². The minimum Gasteiger partial charge on any atom is -0.451 e. The van der Waals surface area contributed by atoms with Crippen molar-refractivity contribution in [2.45, 2.75) is 25.7 Å². The fraction of sp³-hybridized carbons (Fsp3) is 0.400. The summed E-state index contributed by atoms with van der Waals surface area (Å²) in [6, 6.07) is 9.27. The first-order valence-corrected chi connectivity index (χ1v) is 11.8. The van der Waals surface area contributed by atoms with Gasteiger partial charge >= 0.3 is 0 Å². The van der Waals surface area contributed by atoms with Crippen molar-refractivity contribution >= 4 is 23.2 Å². The van der Waals surface area contributed by atoms with Gasteiger partial charge in [0.2, 0.25) is 5.91 Å². The number of nitrogens with one attached hydrogen (secondary N) is 2. The van der Waals surface area contributed by atoms with Crippen LogP contribution in [0.4, 0.5) is 11.4 Å². The molecule has 2 saturated heterocycles. The van der Waals surface area contributed by atoms with Crippen molar-refractivity contribution in [2.24, 2.45) is 0 Å². The molecule has 2 N–H and O–H groups in total. The Balaban J connectivity index is 1.35. The Hall–Kier alpha value is -3.59. The van der Waals surface area contributed by atoms with E-state index in [9.17, 15) is 9.59 Å². The molecule has 0 unspecified atom stereocenters. The van der Waals surface area contributed by atoms with Crippen LogP contribution in [-0.2, 0) is 16.0 Å². The fourth-order valence-corrected chi connectivity index (χ4v) is 4.47. The maximum absolute atomic E-state index is 13.0. The molecule has 9 heteroatoms. The average molecular weight is 464 g/mol. The van der Waals surface area contributed by atoms with Gasteiger partial charge < -0.3 is 24.3 Å². The summed E-state index contributed by atoms with van der Waals surface area (Å²) in [4.78, 5) is 29.9. The fourth-order valence-electron chi connectivity index (χ4n) is 4.47. The summed E-state index contributed by atoms with van der Waals surface area (Å²) in [7, 11) is 0. The monoisotopic (exact) mass is 463 g/mol. The Bertz CT molecular complexity index is 1130. The molecule has 0 spiro atoms. The first kappa shape index (κ1) is 22.2. The molecule has 9 nitrogen and oxygen atoms in total. The highest BCUT2D eigenvalue weighted by atomic mass is 16.5. The maximum Gasteiger partial charge on any atom is 0.291 e. The van der Waals surface area contributed by atoms with Crippen LogP contribution >= 0.6 is 0 Å². The number of anilines is 2.